The predicted molar refractivity (Wildman–Crippen MR) is 65.2 cm³/mol. The lowest BCUT2D eigenvalue weighted by atomic mass is 10.2. The summed E-state index contributed by atoms with van der Waals surface area (Å²) in [6.07, 6.45) is 2.66. The molecular formula is C12H16BrNO. The molecule has 1 heterocycles. The molecule has 0 aliphatic carbocycles. The van der Waals surface area contributed by atoms with Crippen molar-refractivity contribution in [1.29, 1.82) is 0 Å². The maximum atomic E-state index is 5.38. The van der Waals surface area contributed by atoms with Crippen LogP contribution in [0.5, 0.6) is 5.75 Å². The zero-order chi connectivity index (χ0) is 10.7. The lowest BCUT2D eigenvalue weighted by molar-refractivity contribution is 0.321. The van der Waals surface area contributed by atoms with Crippen molar-refractivity contribution in [1.82, 2.24) is 4.90 Å². The molecular weight excluding hydrogens is 254 g/mol. The molecule has 82 valence electrons. The summed E-state index contributed by atoms with van der Waals surface area (Å²) in [6.45, 7) is 3.45. The summed E-state index contributed by atoms with van der Waals surface area (Å²) < 4.78 is 6.45. The molecule has 3 heteroatoms. The van der Waals surface area contributed by atoms with E-state index in [4.69, 9.17) is 4.74 Å². The van der Waals surface area contributed by atoms with Gasteiger partial charge in [0.25, 0.3) is 0 Å². The van der Waals surface area contributed by atoms with Crippen LogP contribution >= 0.6 is 15.9 Å². The minimum atomic E-state index is 0.983. The zero-order valence-corrected chi connectivity index (χ0v) is 10.6. The molecule has 0 N–H and O–H groups in total. The van der Waals surface area contributed by atoms with Gasteiger partial charge >= 0.3 is 0 Å². The van der Waals surface area contributed by atoms with Gasteiger partial charge in [0.15, 0.2) is 0 Å². The standard InChI is InChI=1S/C12H16BrNO/c1-15-12-8-11(13)5-4-10(12)9-14-6-2-3-7-14/h4-5,8H,2-3,6-7,9H2,1H3. The van der Waals surface area contributed by atoms with E-state index in [1.165, 1.54) is 31.5 Å². The quantitative estimate of drug-likeness (QED) is 0.837. The van der Waals surface area contributed by atoms with Crippen LogP contribution in [0.2, 0.25) is 0 Å². The molecule has 2 nitrogen and oxygen atoms in total. The van der Waals surface area contributed by atoms with Gasteiger partial charge in [0.1, 0.15) is 5.75 Å². The molecule has 1 aliphatic rings. The van der Waals surface area contributed by atoms with Gasteiger partial charge < -0.3 is 4.74 Å². The smallest absolute Gasteiger partial charge is 0.124 e. The summed E-state index contributed by atoms with van der Waals surface area (Å²) in [6, 6.07) is 6.25. The largest absolute Gasteiger partial charge is 0.496 e. The molecule has 1 saturated heterocycles. The zero-order valence-electron chi connectivity index (χ0n) is 9.00. The number of nitrogens with zero attached hydrogens (tertiary/aromatic N) is 1. The molecule has 15 heavy (non-hydrogen) atoms. The van der Waals surface area contributed by atoms with Crippen molar-refractivity contribution in [2.24, 2.45) is 0 Å². The van der Waals surface area contributed by atoms with E-state index < -0.39 is 0 Å². The molecule has 0 amide bonds. The number of benzene rings is 1. The summed E-state index contributed by atoms with van der Waals surface area (Å²) in [7, 11) is 1.73. The van der Waals surface area contributed by atoms with E-state index in [1.807, 2.05) is 6.07 Å². The van der Waals surface area contributed by atoms with Crippen molar-refractivity contribution in [2.45, 2.75) is 19.4 Å². The minimum Gasteiger partial charge on any atom is -0.496 e. The van der Waals surface area contributed by atoms with Crippen LogP contribution in [0.25, 0.3) is 0 Å². The number of halogens is 1. The summed E-state index contributed by atoms with van der Waals surface area (Å²) in [5.41, 5.74) is 1.28. The van der Waals surface area contributed by atoms with E-state index in [1.54, 1.807) is 7.11 Å². The Morgan fingerprint density at radius 1 is 1.33 bits per heavy atom. The van der Waals surface area contributed by atoms with Crippen LogP contribution in [-0.2, 0) is 6.54 Å². The van der Waals surface area contributed by atoms with Crippen LogP contribution in [0, 0.1) is 0 Å². The van der Waals surface area contributed by atoms with Gasteiger partial charge in [-0.05, 0) is 38.1 Å². The highest BCUT2D eigenvalue weighted by Gasteiger charge is 2.13. The normalized spacial score (nSPS) is 16.9. The Kier molecular flexibility index (Phi) is 3.65. The molecule has 0 aromatic heterocycles. The number of methoxy groups -OCH3 is 1. The van der Waals surface area contributed by atoms with Gasteiger partial charge in [0, 0.05) is 16.6 Å². The molecule has 0 unspecified atom stereocenters. The van der Waals surface area contributed by atoms with Crippen molar-refractivity contribution in [3.05, 3.63) is 28.2 Å². The van der Waals surface area contributed by atoms with Crippen molar-refractivity contribution in [3.63, 3.8) is 0 Å². The average molecular weight is 270 g/mol. The first-order valence-corrected chi connectivity index (χ1v) is 6.13. The highest BCUT2D eigenvalue weighted by Crippen LogP contribution is 2.25. The first-order valence-electron chi connectivity index (χ1n) is 5.34. The first kappa shape index (κ1) is 11.0. The molecule has 0 radical (unpaired) electrons. The third-order valence-corrected chi connectivity index (χ3v) is 3.34. The van der Waals surface area contributed by atoms with Gasteiger partial charge in [-0.1, -0.05) is 22.0 Å². The van der Waals surface area contributed by atoms with Gasteiger partial charge in [0.2, 0.25) is 0 Å². The number of hydrogen-bond acceptors (Lipinski definition) is 2. The van der Waals surface area contributed by atoms with Gasteiger partial charge in [-0.25, -0.2) is 0 Å². The average Bonchev–Trinajstić information content (AvgIpc) is 2.73. The fourth-order valence-electron chi connectivity index (χ4n) is 2.03. The van der Waals surface area contributed by atoms with Gasteiger partial charge in [0.05, 0.1) is 7.11 Å². The minimum absolute atomic E-state index is 0.983. The van der Waals surface area contributed by atoms with Gasteiger partial charge in [-0.15, -0.1) is 0 Å². The molecule has 0 bridgehead atoms. The number of hydrogen-bond donors (Lipinski definition) is 0. The molecule has 1 aromatic rings. The van der Waals surface area contributed by atoms with Crippen molar-refractivity contribution in [2.75, 3.05) is 20.2 Å². The summed E-state index contributed by atoms with van der Waals surface area (Å²) >= 11 is 3.46. The topological polar surface area (TPSA) is 12.5 Å². The Morgan fingerprint density at radius 3 is 2.73 bits per heavy atom. The Bertz CT molecular complexity index is 334. The fourth-order valence-corrected chi connectivity index (χ4v) is 2.37. The maximum Gasteiger partial charge on any atom is 0.124 e. The second kappa shape index (κ2) is 4.99. The molecule has 1 aromatic carbocycles. The van der Waals surface area contributed by atoms with E-state index in [0.717, 1.165) is 16.8 Å². The molecule has 2 rings (SSSR count). The third kappa shape index (κ3) is 2.73. The molecule has 1 fully saturated rings. The molecule has 0 saturated carbocycles. The summed E-state index contributed by atoms with van der Waals surface area (Å²) in [4.78, 5) is 2.48. The van der Waals surface area contributed by atoms with E-state index in [0.29, 0.717) is 0 Å². The van der Waals surface area contributed by atoms with Gasteiger partial charge in [-0.2, -0.15) is 0 Å². The summed E-state index contributed by atoms with van der Waals surface area (Å²) in [5, 5.41) is 0. The van der Waals surface area contributed by atoms with Gasteiger partial charge in [-0.3, -0.25) is 4.90 Å². The maximum absolute atomic E-state index is 5.38. The number of ether oxygens (including phenoxy) is 1. The number of rotatable bonds is 3. The van der Waals surface area contributed by atoms with E-state index in [2.05, 4.69) is 33.0 Å². The fraction of sp³-hybridized carbons (Fsp3) is 0.500. The van der Waals surface area contributed by atoms with Crippen LogP contribution in [-0.4, -0.2) is 25.1 Å². The molecule has 1 aliphatic heterocycles. The van der Waals surface area contributed by atoms with Crippen molar-refractivity contribution >= 4 is 15.9 Å². The lowest BCUT2D eigenvalue weighted by Crippen LogP contribution is -2.18. The highest BCUT2D eigenvalue weighted by atomic mass is 79.9. The van der Waals surface area contributed by atoms with Crippen LogP contribution in [0.3, 0.4) is 0 Å². The van der Waals surface area contributed by atoms with Crippen LogP contribution in [0.1, 0.15) is 18.4 Å². The Morgan fingerprint density at radius 2 is 2.07 bits per heavy atom. The van der Waals surface area contributed by atoms with E-state index in [9.17, 15) is 0 Å². The molecule has 0 spiro atoms. The van der Waals surface area contributed by atoms with E-state index >= 15 is 0 Å². The molecule has 0 atom stereocenters. The second-order valence-electron chi connectivity index (χ2n) is 3.94. The number of likely N-dealkylation sites (tertiary alicyclic amines) is 1. The van der Waals surface area contributed by atoms with Crippen LogP contribution in [0.15, 0.2) is 22.7 Å². The van der Waals surface area contributed by atoms with Crippen molar-refractivity contribution < 1.29 is 4.74 Å². The van der Waals surface area contributed by atoms with Crippen LogP contribution < -0.4 is 4.74 Å². The third-order valence-electron chi connectivity index (χ3n) is 2.84. The SMILES string of the molecule is COc1cc(Br)ccc1CN1CCCC1. The van der Waals surface area contributed by atoms with Crippen LogP contribution in [0.4, 0.5) is 0 Å². The highest BCUT2D eigenvalue weighted by molar-refractivity contribution is 9.10. The first-order chi connectivity index (χ1) is 7.29. The second-order valence-corrected chi connectivity index (χ2v) is 4.86. The summed E-state index contributed by atoms with van der Waals surface area (Å²) in [5.74, 6) is 0.983. The Hall–Kier alpha value is -0.540. The predicted octanol–water partition coefficient (Wildman–Crippen LogP) is 3.05. The van der Waals surface area contributed by atoms with E-state index in [-0.39, 0.29) is 0 Å². The Labute approximate surface area is 99.4 Å². The lowest BCUT2D eigenvalue weighted by Gasteiger charge is -2.16. The monoisotopic (exact) mass is 269 g/mol. The van der Waals surface area contributed by atoms with Crippen molar-refractivity contribution in [3.8, 4) is 5.75 Å². The Balaban J connectivity index is 2.12.